The SMILES string of the molecule is CC(C)C(=O)COc1ccc(Cl)cc1. The average Bonchev–Trinajstić information content (AvgIpc) is 2.16. The Morgan fingerprint density at radius 3 is 2.43 bits per heavy atom. The van der Waals surface area contributed by atoms with E-state index in [1.165, 1.54) is 0 Å². The molecule has 0 atom stereocenters. The Labute approximate surface area is 88.8 Å². The van der Waals surface area contributed by atoms with E-state index in [0.29, 0.717) is 10.8 Å². The van der Waals surface area contributed by atoms with Gasteiger partial charge >= 0.3 is 0 Å². The Hall–Kier alpha value is -1.02. The number of rotatable bonds is 4. The molecular weight excluding hydrogens is 200 g/mol. The van der Waals surface area contributed by atoms with E-state index in [1.54, 1.807) is 24.3 Å². The molecule has 0 radical (unpaired) electrons. The summed E-state index contributed by atoms with van der Waals surface area (Å²) in [6.45, 7) is 3.83. The fourth-order valence-electron chi connectivity index (χ4n) is 0.852. The van der Waals surface area contributed by atoms with Crippen molar-refractivity contribution in [2.24, 2.45) is 5.92 Å². The van der Waals surface area contributed by atoms with Crippen molar-refractivity contribution in [1.29, 1.82) is 0 Å². The van der Waals surface area contributed by atoms with Gasteiger partial charge in [0.05, 0.1) is 0 Å². The van der Waals surface area contributed by atoms with Crippen molar-refractivity contribution >= 4 is 17.4 Å². The summed E-state index contributed by atoms with van der Waals surface area (Å²) >= 11 is 5.70. The highest BCUT2D eigenvalue weighted by atomic mass is 35.5. The molecule has 1 rings (SSSR count). The normalized spacial score (nSPS) is 10.3. The molecule has 1 aromatic rings. The molecule has 0 saturated heterocycles. The maximum absolute atomic E-state index is 11.2. The van der Waals surface area contributed by atoms with Crippen LogP contribution in [0.3, 0.4) is 0 Å². The summed E-state index contributed by atoms with van der Waals surface area (Å²) in [6, 6.07) is 6.96. The van der Waals surface area contributed by atoms with E-state index < -0.39 is 0 Å². The van der Waals surface area contributed by atoms with Gasteiger partial charge in [0.25, 0.3) is 0 Å². The first-order valence-corrected chi connectivity index (χ1v) is 4.88. The van der Waals surface area contributed by atoms with Crippen LogP contribution in [-0.4, -0.2) is 12.4 Å². The molecular formula is C11H13ClO2. The van der Waals surface area contributed by atoms with Crippen LogP contribution in [0.15, 0.2) is 24.3 Å². The predicted octanol–water partition coefficient (Wildman–Crippen LogP) is 2.94. The molecule has 0 unspecified atom stereocenters. The zero-order chi connectivity index (χ0) is 10.6. The minimum Gasteiger partial charge on any atom is -0.486 e. The second-order valence-electron chi connectivity index (χ2n) is 3.36. The van der Waals surface area contributed by atoms with Crippen molar-refractivity contribution in [2.45, 2.75) is 13.8 Å². The lowest BCUT2D eigenvalue weighted by molar-refractivity contribution is -0.123. The van der Waals surface area contributed by atoms with E-state index in [9.17, 15) is 4.79 Å². The first kappa shape index (κ1) is 11.1. The van der Waals surface area contributed by atoms with E-state index in [1.807, 2.05) is 13.8 Å². The molecule has 0 aliphatic carbocycles. The van der Waals surface area contributed by atoms with Crippen LogP contribution < -0.4 is 4.74 Å². The van der Waals surface area contributed by atoms with Crippen LogP contribution in [0.5, 0.6) is 5.75 Å². The largest absolute Gasteiger partial charge is 0.486 e. The van der Waals surface area contributed by atoms with Crippen molar-refractivity contribution in [1.82, 2.24) is 0 Å². The molecule has 0 fully saturated rings. The summed E-state index contributed by atoms with van der Waals surface area (Å²) in [5.74, 6) is 0.783. The number of benzene rings is 1. The van der Waals surface area contributed by atoms with Gasteiger partial charge in [0, 0.05) is 10.9 Å². The van der Waals surface area contributed by atoms with Crippen LogP contribution in [0.4, 0.5) is 0 Å². The predicted molar refractivity (Wildman–Crippen MR) is 56.8 cm³/mol. The highest BCUT2D eigenvalue weighted by molar-refractivity contribution is 6.30. The Bertz CT molecular complexity index is 304. The Balaban J connectivity index is 2.46. The number of ether oxygens (including phenoxy) is 1. The van der Waals surface area contributed by atoms with Gasteiger partial charge < -0.3 is 4.74 Å². The van der Waals surface area contributed by atoms with E-state index in [-0.39, 0.29) is 18.3 Å². The van der Waals surface area contributed by atoms with Crippen LogP contribution in [0.25, 0.3) is 0 Å². The van der Waals surface area contributed by atoms with Gasteiger partial charge in [-0.15, -0.1) is 0 Å². The van der Waals surface area contributed by atoms with Crippen molar-refractivity contribution in [3.8, 4) is 5.75 Å². The summed E-state index contributed by atoms with van der Waals surface area (Å²) < 4.78 is 5.28. The Morgan fingerprint density at radius 2 is 1.93 bits per heavy atom. The minimum absolute atomic E-state index is 0.0160. The highest BCUT2D eigenvalue weighted by Gasteiger charge is 2.07. The monoisotopic (exact) mass is 212 g/mol. The van der Waals surface area contributed by atoms with Crippen molar-refractivity contribution < 1.29 is 9.53 Å². The number of hydrogen-bond donors (Lipinski definition) is 0. The summed E-state index contributed by atoms with van der Waals surface area (Å²) in [5.41, 5.74) is 0. The number of ketones is 1. The lowest BCUT2D eigenvalue weighted by Crippen LogP contribution is -2.16. The molecule has 76 valence electrons. The van der Waals surface area contributed by atoms with Gasteiger partial charge in [0.1, 0.15) is 12.4 Å². The topological polar surface area (TPSA) is 26.3 Å². The van der Waals surface area contributed by atoms with Gasteiger partial charge in [0.2, 0.25) is 0 Å². The third-order valence-corrected chi connectivity index (χ3v) is 2.09. The number of Topliss-reactive ketones (excluding diaryl/α,β-unsaturated/α-hetero) is 1. The van der Waals surface area contributed by atoms with Gasteiger partial charge in [-0.05, 0) is 24.3 Å². The van der Waals surface area contributed by atoms with Crippen LogP contribution in [0.2, 0.25) is 5.02 Å². The number of carbonyl (C=O) groups excluding carboxylic acids is 1. The van der Waals surface area contributed by atoms with E-state index in [4.69, 9.17) is 16.3 Å². The van der Waals surface area contributed by atoms with Crippen LogP contribution >= 0.6 is 11.6 Å². The van der Waals surface area contributed by atoms with Gasteiger partial charge in [-0.2, -0.15) is 0 Å². The third kappa shape index (κ3) is 3.38. The molecule has 0 aliphatic rings. The lowest BCUT2D eigenvalue weighted by atomic mass is 10.1. The molecule has 0 aliphatic heterocycles. The van der Waals surface area contributed by atoms with Crippen molar-refractivity contribution in [3.05, 3.63) is 29.3 Å². The van der Waals surface area contributed by atoms with Gasteiger partial charge in [-0.3, -0.25) is 4.79 Å². The molecule has 3 heteroatoms. The summed E-state index contributed by atoms with van der Waals surface area (Å²) in [4.78, 5) is 11.2. The first-order valence-electron chi connectivity index (χ1n) is 4.50. The molecule has 0 aromatic heterocycles. The van der Waals surface area contributed by atoms with Gasteiger partial charge in [0.15, 0.2) is 5.78 Å². The molecule has 2 nitrogen and oxygen atoms in total. The lowest BCUT2D eigenvalue weighted by Gasteiger charge is -2.06. The van der Waals surface area contributed by atoms with Crippen molar-refractivity contribution in [3.63, 3.8) is 0 Å². The molecule has 0 spiro atoms. The smallest absolute Gasteiger partial charge is 0.172 e. The maximum atomic E-state index is 11.2. The van der Waals surface area contributed by atoms with Gasteiger partial charge in [-0.1, -0.05) is 25.4 Å². The summed E-state index contributed by atoms with van der Waals surface area (Å²) in [6.07, 6.45) is 0. The second kappa shape index (κ2) is 5.01. The second-order valence-corrected chi connectivity index (χ2v) is 3.80. The molecule has 0 N–H and O–H groups in total. The summed E-state index contributed by atoms with van der Waals surface area (Å²) in [7, 11) is 0. The van der Waals surface area contributed by atoms with E-state index in [2.05, 4.69) is 0 Å². The fraction of sp³-hybridized carbons (Fsp3) is 0.364. The molecule has 0 saturated carbocycles. The molecule has 0 bridgehead atoms. The van der Waals surface area contributed by atoms with Crippen molar-refractivity contribution in [2.75, 3.05) is 6.61 Å². The first-order chi connectivity index (χ1) is 6.59. The number of carbonyl (C=O) groups is 1. The van der Waals surface area contributed by atoms with Gasteiger partial charge in [-0.25, -0.2) is 0 Å². The zero-order valence-corrected chi connectivity index (χ0v) is 9.04. The van der Waals surface area contributed by atoms with E-state index in [0.717, 1.165) is 0 Å². The molecule has 14 heavy (non-hydrogen) atoms. The molecule has 1 aromatic carbocycles. The average molecular weight is 213 g/mol. The third-order valence-electron chi connectivity index (χ3n) is 1.84. The maximum Gasteiger partial charge on any atom is 0.172 e. The quantitative estimate of drug-likeness (QED) is 0.767. The van der Waals surface area contributed by atoms with Crippen LogP contribution in [-0.2, 0) is 4.79 Å². The summed E-state index contributed by atoms with van der Waals surface area (Å²) in [5, 5.41) is 0.660. The van der Waals surface area contributed by atoms with E-state index >= 15 is 0 Å². The Morgan fingerprint density at radius 1 is 1.36 bits per heavy atom. The zero-order valence-electron chi connectivity index (χ0n) is 8.29. The minimum atomic E-state index is 0.0160. The highest BCUT2D eigenvalue weighted by Crippen LogP contribution is 2.15. The molecule has 0 heterocycles. The Kier molecular flexibility index (Phi) is 3.96. The number of halogens is 1. The van der Waals surface area contributed by atoms with Crippen LogP contribution in [0, 0.1) is 5.92 Å². The van der Waals surface area contributed by atoms with Crippen LogP contribution in [0.1, 0.15) is 13.8 Å². The molecule has 0 amide bonds. The standard InChI is InChI=1S/C11H13ClO2/c1-8(2)11(13)7-14-10-5-3-9(12)4-6-10/h3-6,8H,7H2,1-2H3. The fourth-order valence-corrected chi connectivity index (χ4v) is 0.978. The number of hydrogen-bond acceptors (Lipinski definition) is 2.